The Morgan fingerprint density at radius 1 is 1.24 bits per heavy atom. The second-order valence-electron chi connectivity index (χ2n) is 3.69. The molecular formula is C12H11Cl3N2O4. The first-order valence-electron chi connectivity index (χ1n) is 5.52. The van der Waals surface area contributed by atoms with Crippen molar-refractivity contribution in [3.8, 4) is 0 Å². The highest BCUT2D eigenvalue weighted by molar-refractivity contribution is 6.76. The lowest BCUT2D eigenvalue weighted by molar-refractivity contribution is -0.150. The molecule has 0 aromatic heterocycles. The lowest BCUT2D eigenvalue weighted by atomic mass is 10.2. The zero-order valence-electron chi connectivity index (χ0n) is 10.7. The van der Waals surface area contributed by atoms with Crippen molar-refractivity contribution in [3.05, 3.63) is 35.9 Å². The number of amides is 1. The first-order valence-corrected chi connectivity index (χ1v) is 6.65. The fourth-order valence-corrected chi connectivity index (χ4v) is 1.35. The largest absolute Gasteiger partial charge is 0.465 e. The highest BCUT2D eigenvalue weighted by Crippen LogP contribution is 2.28. The molecule has 9 heteroatoms. The van der Waals surface area contributed by atoms with Crippen molar-refractivity contribution in [2.75, 3.05) is 7.11 Å². The van der Waals surface area contributed by atoms with Crippen LogP contribution in [0.2, 0.25) is 0 Å². The summed E-state index contributed by atoms with van der Waals surface area (Å²) in [6.45, 7) is 0. The molecule has 1 unspecified atom stereocenters. The van der Waals surface area contributed by atoms with Crippen LogP contribution in [0.4, 0.5) is 0 Å². The molecule has 1 rings (SSSR count). The molecule has 2 N–H and O–H groups in total. The number of nitrogens with one attached hydrogen (secondary N) is 2. The standard InChI is InChI=1S/C12H11Cl3N2O4/c1-20-10(19)9(21-11(16)12(13,14)15)17-8(18)7-5-3-2-4-6-7/h2-6,9,16H,1H3,(H,17,18). The van der Waals surface area contributed by atoms with Crippen LogP contribution in [-0.4, -0.2) is 34.9 Å². The van der Waals surface area contributed by atoms with Gasteiger partial charge in [0.05, 0.1) is 7.11 Å². The molecule has 0 aliphatic rings. The van der Waals surface area contributed by atoms with Gasteiger partial charge in [-0.25, -0.2) is 4.79 Å². The maximum atomic E-state index is 11.9. The van der Waals surface area contributed by atoms with Gasteiger partial charge in [0, 0.05) is 5.56 Å². The van der Waals surface area contributed by atoms with E-state index in [1.807, 2.05) is 0 Å². The summed E-state index contributed by atoms with van der Waals surface area (Å²) in [5.74, 6) is -2.38. The summed E-state index contributed by atoms with van der Waals surface area (Å²) in [4.78, 5) is 23.5. The molecular weight excluding hydrogens is 343 g/mol. The van der Waals surface area contributed by atoms with Crippen molar-refractivity contribution < 1.29 is 19.1 Å². The smallest absolute Gasteiger partial charge is 0.368 e. The second-order valence-corrected chi connectivity index (χ2v) is 5.97. The van der Waals surface area contributed by atoms with Gasteiger partial charge in [-0.15, -0.1) is 0 Å². The predicted molar refractivity (Wildman–Crippen MR) is 78.8 cm³/mol. The van der Waals surface area contributed by atoms with Gasteiger partial charge >= 0.3 is 5.97 Å². The zero-order valence-corrected chi connectivity index (χ0v) is 13.0. The number of hydrogen-bond acceptors (Lipinski definition) is 5. The third kappa shape index (κ3) is 5.41. The Balaban J connectivity index is 2.82. The predicted octanol–water partition coefficient (Wildman–Crippen LogP) is 2.28. The quantitative estimate of drug-likeness (QED) is 0.286. The minimum Gasteiger partial charge on any atom is -0.465 e. The van der Waals surface area contributed by atoms with Gasteiger partial charge in [0.2, 0.25) is 5.90 Å². The SMILES string of the molecule is COC(=O)C(NC(=O)c1ccccc1)OC(=N)C(Cl)(Cl)Cl. The Bertz CT molecular complexity index is 531. The van der Waals surface area contributed by atoms with Crippen LogP contribution >= 0.6 is 34.8 Å². The van der Waals surface area contributed by atoms with Crippen LogP contribution in [0.15, 0.2) is 30.3 Å². The molecule has 0 heterocycles. The molecule has 1 atom stereocenters. The maximum Gasteiger partial charge on any atom is 0.368 e. The lowest BCUT2D eigenvalue weighted by Gasteiger charge is -2.21. The van der Waals surface area contributed by atoms with Crippen LogP contribution in [-0.2, 0) is 14.3 Å². The van der Waals surface area contributed by atoms with E-state index < -0.39 is 27.8 Å². The number of methoxy groups -OCH3 is 1. The van der Waals surface area contributed by atoms with Crippen LogP contribution < -0.4 is 5.32 Å². The Labute approximate surface area is 135 Å². The summed E-state index contributed by atoms with van der Waals surface area (Å²) in [6, 6.07) is 8.08. The van der Waals surface area contributed by atoms with Gasteiger partial charge in [0.25, 0.3) is 15.9 Å². The van der Waals surface area contributed by atoms with Crippen molar-refractivity contribution >= 4 is 52.6 Å². The third-order valence-electron chi connectivity index (χ3n) is 2.21. The molecule has 21 heavy (non-hydrogen) atoms. The Hall–Kier alpha value is -1.50. The second kappa shape index (κ2) is 7.49. The maximum absolute atomic E-state index is 11.9. The number of halogens is 3. The van der Waals surface area contributed by atoms with E-state index in [4.69, 9.17) is 44.9 Å². The first kappa shape index (κ1) is 17.6. The summed E-state index contributed by atoms with van der Waals surface area (Å²) < 4.78 is 7.14. The third-order valence-corrected chi connectivity index (χ3v) is 2.72. The molecule has 0 aliphatic carbocycles. The molecule has 0 bridgehead atoms. The van der Waals surface area contributed by atoms with E-state index in [-0.39, 0.29) is 5.56 Å². The van der Waals surface area contributed by atoms with Crippen molar-refractivity contribution in [3.63, 3.8) is 0 Å². The summed E-state index contributed by atoms with van der Waals surface area (Å²) in [6.07, 6.45) is -1.61. The fourth-order valence-electron chi connectivity index (χ4n) is 1.22. The van der Waals surface area contributed by atoms with Crippen molar-refractivity contribution in [1.82, 2.24) is 5.32 Å². The summed E-state index contributed by atoms with van der Waals surface area (Å²) >= 11 is 16.3. The van der Waals surface area contributed by atoms with Crippen molar-refractivity contribution in [1.29, 1.82) is 5.41 Å². The normalized spacial score (nSPS) is 12.2. The van der Waals surface area contributed by atoms with Gasteiger partial charge in [0.15, 0.2) is 0 Å². The molecule has 0 aliphatic heterocycles. The van der Waals surface area contributed by atoms with E-state index in [0.717, 1.165) is 7.11 Å². The summed E-state index contributed by atoms with van der Waals surface area (Å²) in [5, 5.41) is 9.65. The molecule has 0 fully saturated rings. The number of benzene rings is 1. The minimum atomic E-state index is -2.16. The molecule has 1 aromatic carbocycles. The van der Waals surface area contributed by atoms with Gasteiger partial charge in [-0.1, -0.05) is 53.0 Å². The Morgan fingerprint density at radius 2 is 1.81 bits per heavy atom. The van der Waals surface area contributed by atoms with E-state index in [1.165, 1.54) is 12.1 Å². The van der Waals surface area contributed by atoms with E-state index in [1.54, 1.807) is 18.2 Å². The molecule has 0 spiro atoms. The van der Waals surface area contributed by atoms with Gasteiger partial charge in [-0.3, -0.25) is 10.2 Å². The van der Waals surface area contributed by atoms with Crippen LogP contribution in [0.5, 0.6) is 0 Å². The highest BCUT2D eigenvalue weighted by atomic mass is 35.6. The first-order chi connectivity index (χ1) is 9.75. The molecule has 6 nitrogen and oxygen atoms in total. The van der Waals surface area contributed by atoms with Crippen LogP contribution in [0.3, 0.4) is 0 Å². The topological polar surface area (TPSA) is 88.5 Å². The van der Waals surface area contributed by atoms with E-state index in [0.29, 0.717) is 0 Å². The van der Waals surface area contributed by atoms with Gasteiger partial charge in [0.1, 0.15) is 0 Å². The fraction of sp³-hybridized carbons (Fsp3) is 0.250. The van der Waals surface area contributed by atoms with Crippen molar-refractivity contribution in [2.45, 2.75) is 10.0 Å². The van der Waals surface area contributed by atoms with E-state index >= 15 is 0 Å². The molecule has 1 amide bonds. The minimum absolute atomic E-state index is 0.287. The van der Waals surface area contributed by atoms with Crippen LogP contribution in [0.1, 0.15) is 10.4 Å². The molecule has 0 saturated carbocycles. The van der Waals surface area contributed by atoms with Crippen LogP contribution in [0, 0.1) is 5.41 Å². The number of hydrogen-bond donors (Lipinski definition) is 2. The van der Waals surface area contributed by atoms with Crippen LogP contribution in [0.25, 0.3) is 0 Å². The number of rotatable bonds is 4. The Morgan fingerprint density at radius 3 is 2.29 bits per heavy atom. The summed E-state index contributed by atoms with van der Waals surface area (Å²) in [7, 11) is 1.09. The summed E-state index contributed by atoms with van der Waals surface area (Å²) in [5.41, 5.74) is 0.287. The average Bonchev–Trinajstić information content (AvgIpc) is 2.45. The van der Waals surface area contributed by atoms with E-state index in [2.05, 4.69) is 10.1 Å². The van der Waals surface area contributed by atoms with Crippen molar-refractivity contribution in [2.24, 2.45) is 0 Å². The number of carbonyl (C=O) groups is 2. The number of alkyl halides is 3. The highest BCUT2D eigenvalue weighted by Gasteiger charge is 2.34. The molecule has 0 radical (unpaired) electrons. The van der Waals surface area contributed by atoms with E-state index in [9.17, 15) is 9.59 Å². The monoisotopic (exact) mass is 352 g/mol. The van der Waals surface area contributed by atoms with Gasteiger partial charge in [-0.05, 0) is 12.1 Å². The number of carbonyl (C=O) groups excluding carboxylic acids is 2. The Kier molecular flexibility index (Phi) is 6.26. The molecule has 0 saturated heterocycles. The lowest BCUT2D eigenvalue weighted by Crippen LogP contribution is -2.46. The van der Waals surface area contributed by atoms with Gasteiger partial charge < -0.3 is 14.8 Å². The van der Waals surface area contributed by atoms with Gasteiger partial charge in [-0.2, -0.15) is 0 Å². The molecule has 114 valence electrons. The number of ether oxygens (including phenoxy) is 2. The molecule has 1 aromatic rings. The zero-order chi connectivity index (χ0) is 16.0. The number of esters is 1. The average molecular weight is 354 g/mol.